The first-order valence-electron chi connectivity index (χ1n) is 8.79. The van der Waals surface area contributed by atoms with Gasteiger partial charge in [-0.1, -0.05) is 43.1 Å². The first-order chi connectivity index (χ1) is 12.3. The van der Waals surface area contributed by atoms with Gasteiger partial charge in [-0.15, -0.1) is 0 Å². The second kappa shape index (κ2) is 9.07. The van der Waals surface area contributed by atoms with Crippen LogP contribution in [-0.4, -0.2) is 22.4 Å². The van der Waals surface area contributed by atoms with Gasteiger partial charge < -0.3 is 19.7 Å². The fourth-order valence-electron chi connectivity index (χ4n) is 2.81. The van der Waals surface area contributed by atoms with E-state index in [4.69, 9.17) is 9.84 Å². The molecular weight excluding hydrogens is 400 g/mol. The maximum Gasteiger partial charge on any atom is 0.404 e. The number of nitrogens with one attached hydrogen (secondary N) is 1. The molecule has 0 bridgehead atoms. The normalized spacial score (nSPS) is 11.1. The van der Waals surface area contributed by atoms with Crippen molar-refractivity contribution in [3.05, 3.63) is 38.7 Å². The fraction of sp³-hybridized carbons (Fsp3) is 0.474. The molecule has 2 N–H and O–H groups in total. The first-order valence-corrected chi connectivity index (χ1v) is 9.59. The molecule has 1 heterocycles. The number of carbonyl (C=O) groups is 1. The molecule has 7 heteroatoms. The standard InChI is InChI=1S/C19H25BrN2O4/c1-4-5-8-26-17-15-9-13(20)6-7-14(15)18(23)22(11-12(2)3)16(17)10-21-19(24)25/h6-7,9,12,21H,4-5,8,10-11H2,1-3H3,(H,24,25). The van der Waals surface area contributed by atoms with Crippen molar-refractivity contribution < 1.29 is 14.6 Å². The van der Waals surface area contributed by atoms with E-state index in [9.17, 15) is 9.59 Å². The summed E-state index contributed by atoms with van der Waals surface area (Å²) in [6.45, 7) is 7.13. The van der Waals surface area contributed by atoms with E-state index >= 15 is 0 Å². The number of amides is 1. The van der Waals surface area contributed by atoms with Gasteiger partial charge in [0.05, 0.1) is 24.2 Å². The second-order valence-corrected chi connectivity index (χ2v) is 7.55. The number of benzene rings is 1. The largest absolute Gasteiger partial charge is 0.491 e. The van der Waals surface area contributed by atoms with Crippen LogP contribution in [0, 0.1) is 5.92 Å². The minimum atomic E-state index is -1.14. The minimum Gasteiger partial charge on any atom is -0.491 e. The Morgan fingerprint density at radius 2 is 2.08 bits per heavy atom. The number of unbranched alkanes of at least 4 members (excludes halogenated alkanes) is 1. The number of ether oxygens (including phenoxy) is 1. The van der Waals surface area contributed by atoms with Crippen LogP contribution < -0.4 is 15.6 Å². The molecule has 0 spiro atoms. The van der Waals surface area contributed by atoms with Gasteiger partial charge in [0.1, 0.15) is 5.75 Å². The lowest BCUT2D eigenvalue weighted by Gasteiger charge is -2.21. The van der Waals surface area contributed by atoms with Gasteiger partial charge in [-0.25, -0.2) is 4.79 Å². The van der Waals surface area contributed by atoms with Crippen molar-refractivity contribution in [2.24, 2.45) is 5.92 Å². The molecule has 0 unspecified atom stereocenters. The van der Waals surface area contributed by atoms with Crippen LogP contribution in [0.5, 0.6) is 5.75 Å². The number of halogens is 1. The molecule has 0 saturated carbocycles. The van der Waals surface area contributed by atoms with E-state index < -0.39 is 6.09 Å². The highest BCUT2D eigenvalue weighted by molar-refractivity contribution is 9.10. The predicted octanol–water partition coefficient (Wildman–Crippen LogP) is 4.37. The van der Waals surface area contributed by atoms with E-state index in [1.165, 1.54) is 0 Å². The number of hydrogen-bond donors (Lipinski definition) is 2. The Morgan fingerprint density at radius 3 is 2.69 bits per heavy atom. The van der Waals surface area contributed by atoms with Crippen LogP contribution in [0.25, 0.3) is 10.8 Å². The van der Waals surface area contributed by atoms with E-state index in [0.29, 0.717) is 35.4 Å². The Bertz CT molecular complexity index is 846. The first kappa shape index (κ1) is 20.3. The molecule has 142 valence electrons. The third kappa shape index (κ3) is 4.78. The van der Waals surface area contributed by atoms with Gasteiger partial charge in [0.2, 0.25) is 0 Å². The van der Waals surface area contributed by atoms with Crippen LogP contribution >= 0.6 is 15.9 Å². The highest BCUT2D eigenvalue weighted by Crippen LogP contribution is 2.31. The molecule has 0 atom stereocenters. The molecule has 0 fully saturated rings. The lowest BCUT2D eigenvalue weighted by atomic mass is 10.1. The molecule has 2 aromatic rings. The van der Waals surface area contributed by atoms with Crippen LogP contribution in [0.1, 0.15) is 39.3 Å². The van der Waals surface area contributed by atoms with Gasteiger partial charge in [-0.2, -0.15) is 0 Å². The van der Waals surface area contributed by atoms with E-state index in [2.05, 4.69) is 28.2 Å². The Kier molecular flexibility index (Phi) is 7.08. The van der Waals surface area contributed by atoms with Gasteiger partial charge in [0.25, 0.3) is 5.56 Å². The van der Waals surface area contributed by atoms with E-state index in [-0.39, 0.29) is 18.0 Å². The number of pyridine rings is 1. The maximum absolute atomic E-state index is 13.0. The summed E-state index contributed by atoms with van der Waals surface area (Å²) in [5.74, 6) is 0.802. The van der Waals surface area contributed by atoms with Gasteiger partial charge in [0.15, 0.2) is 0 Å². The molecule has 26 heavy (non-hydrogen) atoms. The van der Waals surface area contributed by atoms with Crippen molar-refractivity contribution in [1.82, 2.24) is 9.88 Å². The smallest absolute Gasteiger partial charge is 0.404 e. The van der Waals surface area contributed by atoms with Crippen LogP contribution in [0.3, 0.4) is 0 Å². The van der Waals surface area contributed by atoms with E-state index in [0.717, 1.165) is 17.3 Å². The number of nitrogens with zero attached hydrogens (tertiary/aromatic N) is 1. The van der Waals surface area contributed by atoms with Crippen molar-refractivity contribution in [2.45, 2.75) is 46.7 Å². The van der Waals surface area contributed by atoms with Crippen LogP contribution in [0.4, 0.5) is 4.79 Å². The van der Waals surface area contributed by atoms with Crippen molar-refractivity contribution in [3.8, 4) is 5.75 Å². The average molecular weight is 425 g/mol. The van der Waals surface area contributed by atoms with Gasteiger partial charge in [0, 0.05) is 16.4 Å². The molecule has 0 saturated heterocycles. The summed E-state index contributed by atoms with van der Waals surface area (Å²) in [7, 11) is 0. The van der Waals surface area contributed by atoms with Crippen LogP contribution in [-0.2, 0) is 13.1 Å². The number of aromatic nitrogens is 1. The molecule has 1 aromatic carbocycles. The SMILES string of the molecule is CCCCOc1c(CNC(=O)O)n(CC(C)C)c(=O)c2ccc(Br)cc12. The van der Waals surface area contributed by atoms with Gasteiger partial charge in [-0.05, 0) is 30.5 Å². The molecule has 1 aromatic heterocycles. The molecule has 2 rings (SSSR count). The zero-order chi connectivity index (χ0) is 19.3. The maximum atomic E-state index is 13.0. The molecule has 0 radical (unpaired) electrons. The van der Waals surface area contributed by atoms with Crippen molar-refractivity contribution in [1.29, 1.82) is 0 Å². The number of carboxylic acid groups (broad SMARTS) is 1. The van der Waals surface area contributed by atoms with Gasteiger partial charge in [-0.3, -0.25) is 4.79 Å². The number of hydrogen-bond acceptors (Lipinski definition) is 3. The summed E-state index contributed by atoms with van der Waals surface area (Å²) in [6, 6.07) is 5.45. The third-order valence-electron chi connectivity index (χ3n) is 3.99. The second-order valence-electron chi connectivity index (χ2n) is 6.64. The van der Waals surface area contributed by atoms with Gasteiger partial charge >= 0.3 is 6.09 Å². The predicted molar refractivity (Wildman–Crippen MR) is 106 cm³/mol. The van der Waals surface area contributed by atoms with Crippen LogP contribution in [0.15, 0.2) is 27.5 Å². The highest BCUT2D eigenvalue weighted by Gasteiger charge is 2.19. The Labute approximate surface area is 161 Å². The monoisotopic (exact) mass is 424 g/mol. The number of fused-ring (bicyclic) bond motifs is 1. The summed E-state index contributed by atoms with van der Waals surface area (Å²) < 4.78 is 8.52. The summed E-state index contributed by atoms with van der Waals surface area (Å²) in [5, 5.41) is 12.7. The lowest BCUT2D eigenvalue weighted by Crippen LogP contribution is -2.31. The van der Waals surface area contributed by atoms with Crippen LogP contribution in [0.2, 0.25) is 0 Å². The molecule has 6 nitrogen and oxygen atoms in total. The molecule has 0 aliphatic heterocycles. The van der Waals surface area contributed by atoms with Crippen molar-refractivity contribution in [2.75, 3.05) is 6.61 Å². The Morgan fingerprint density at radius 1 is 1.35 bits per heavy atom. The summed E-state index contributed by atoms with van der Waals surface area (Å²) in [4.78, 5) is 24.1. The molecule has 0 aliphatic carbocycles. The third-order valence-corrected chi connectivity index (χ3v) is 4.48. The number of rotatable bonds is 8. The molecule has 1 amide bonds. The summed E-state index contributed by atoms with van der Waals surface area (Å²) >= 11 is 3.44. The summed E-state index contributed by atoms with van der Waals surface area (Å²) in [5.41, 5.74) is 0.430. The molecular formula is C19H25BrN2O4. The van der Waals surface area contributed by atoms with Crippen molar-refractivity contribution >= 4 is 32.8 Å². The van der Waals surface area contributed by atoms with Crippen molar-refractivity contribution in [3.63, 3.8) is 0 Å². The lowest BCUT2D eigenvalue weighted by molar-refractivity contribution is 0.193. The Balaban J connectivity index is 2.72. The fourth-order valence-corrected chi connectivity index (χ4v) is 3.17. The zero-order valence-corrected chi connectivity index (χ0v) is 16.9. The average Bonchev–Trinajstić information content (AvgIpc) is 2.57. The summed E-state index contributed by atoms with van der Waals surface area (Å²) in [6.07, 6.45) is 0.725. The minimum absolute atomic E-state index is 0.0151. The quantitative estimate of drug-likeness (QED) is 0.616. The highest BCUT2D eigenvalue weighted by atomic mass is 79.9. The zero-order valence-electron chi connectivity index (χ0n) is 15.3. The topological polar surface area (TPSA) is 80.6 Å². The molecule has 0 aliphatic rings. The van der Waals surface area contributed by atoms with E-state index in [1.54, 1.807) is 10.6 Å². The Hall–Kier alpha value is -2.02. The van der Waals surface area contributed by atoms with E-state index in [1.807, 2.05) is 26.0 Å².